The van der Waals surface area contributed by atoms with Crippen LogP contribution in [0.25, 0.3) is 0 Å². The van der Waals surface area contributed by atoms with Crippen molar-refractivity contribution in [1.29, 1.82) is 0 Å². The van der Waals surface area contributed by atoms with Crippen molar-refractivity contribution in [1.82, 2.24) is 0 Å². The molecule has 4 nitrogen and oxygen atoms in total. The SMILES string of the molecule is CCC(C)=NO.OCCCCO. The fourth-order valence-electron chi connectivity index (χ4n) is 0.294. The van der Waals surface area contributed by atoms with Crippen LogP contribution in [0, 0.1) is 0 Å². The lowest BCUT2D eigenvalue weighted by atomic mass is 10.3. The molecule has 12 heavy (non-hydrogen) atoms. The third-order valence-electron chi connectivity index (χ3n) is 1.25. The molecule has 0 atom stereocenters. The van der Waals surface area contributed by atoms with E-state index in [-0.39, 0.29) is 13.2 Å². The molecule has 3 N–H and O–H groups in total. The Hall–Kier alpha value is -0.610. The van der Waals surface area contributed by atoms with Crippen LogP contribution in [0.1, 0.15) is 33.1 Å². The lowest BCUT2D eigenvalue weighted by Crippen LogP contribution is -1.85. The van der Waals surface area contributed by atoms with Gasteiger partial charge in [0.15, 0.2) is 0 Å². The standard InChI is InChI=1S/C4H9NO.C4H10O2/c1-3-4(2)5-6;5-3-1-2-4-6/h6H,3H2,1-2H3;5-6H,1-4H2. The highest BCUT2D eigenvalue weighted by Gasteiger charge is 1.78. The molecule has 0 aliphatic carbocycles. The molecule has 0 aromatic heterocycles. The molecule has 0 aromatic carbocycles. The maximum Gasteiger partial charge on any atom is 0.0537 e. The Morgan fingerprint density at radius 3 is 1.67 bits per heavy atom. The summed E-state index contributed by atoms with van der Waals surface area (Å²) in [7, 11) is 0. The summed E-state index contributed by atoms with van der Waals surface area (Å²) in [6.45, 7) is 4.11. The number of unbranched alkanes of at least 4 members (excludes halogenated alkanes) is 1. The largest absolute Gasteiger partial charge is 0.411 e. The Labute approximate surface area is 73.5 Å². The maximum atomic E-state index is 8.09. The molecule has 4 heteroatoms. The number of aliphatic hydroxyl groups is 2. The van der Waals surface area contributed by atoms with Gasteiger partial charge in [-0.25, -0.2) is 0 Å². The van der Waals surface area contributed by atoms with E-state index in [1.807, 2.05) is 6.92 Å². The van der Waals surface area contributed by atoms with E-state index in [1.165, 1.54) is 0 Å². The average molecular weight is 177 g/mol. The molecule has 74 valence electrons. The topological polar surface area (TPSA) is 73.1 Å². The lowest BCUT2D eigenvalue weighted by molar-refractivity contribution is 0.242. The van der Waals surface area contributed by atoms with Crippen molar-refractivity contribution in [2.75, 3.05) is 13.2 Å². The van der Waals surface area contributed by atoms with E-state index >= 15 is 0 Å². The zero-order valence-corrected chi connectivity index (χ0v) is 7.82. The zero-order valence-electron chi connectivity index (χ0n) is 7.82. The summed E-state index contributed by atoms with van der Waals surface area (Å²) in [4.78, 5) is 0. The highest BCUT2D eigenvalue weighted by molar-refractivity contribution is 5.80. The van der Waals surface area contributed by atoms with Gasteiger partial charge in [-0.15, -0.1) is 0 Å². The highest BCUT2D eigenvalue weighted by atomic mass is 16.4. The van der Waals surface area contributed by atoms with Crippen molar-refractivity contribution in [2.45, 2.75) is 33.1 Å². The molecular weight excluding hydrogens is 158 g/mol. The Bertz CT molecular complexity index is 100. The van der Waals surface area contributed by atoms with Crippen LogP contribution < -0.4 is 0 Å². The van der Waals surface area contributed by atoms with Gasteiger partial charge in [0.2, 0.25) is 0 Å². The first-order valence-electron chi connectivity index (χ1n) is 4.12. The van der Waals surface area contributed by atoms with Crippen molar-refractivity contribution in [2.24, 2.45) is 5.16 Å². The third kappa shape index (κ3) is 16.2. The Kier molecular flexibility index (Phi) is 15.1. The van der Waals surface area contributed by atoms with Gasteiger partial charge in [0, 0.05) is 13.2 Å². The van der Waals surface area contributed by atoms with Crippen LogP contribution in [0.5, 0.6) is 0 Å². The van der Waals surface area contributed by atoms with Gasteiger partial charge in [0.25, 0.3) is 0 Å². The minimum atomic E-state index is 0.195. The van der Waals surface area contributed by atoms with Crippen LogP contribution in [0.15, 0.2) is 5.16 Å². The minimum Gasteiger partial charge on any atom is -0.411 e. The van der Waals surface area contributed by atoms with Gasteiger partial charge in [-0.1, -0.05) is 12.1 Å². The second-order valence-electron chi connectivity index (χ2n) is 2.34. The molecule has 0 rings (SSSR count). The molecule has 0 spiro atoms. The Morgan fingerprint density at radius 1 is 1.17 bits per heavy atom. The van der Waals surface area contributed by atoms with E-state index in [9.17, 15) is 0 Å². The molecule has 0 aliphatic heterocycles. The Balaban J connectivity index is 0. The van der Waals surface area contributed by atoms with Crippen LogP contribution in [0.2, 0.25) is 0 Å². The molecule has 0 radical (unpaired) electrons. The molecule has 0 unspecified atom stereocenters. The number of rotatable bonds is 4. The molecule has 0 saturated heterocycles. The molecular formula is C8H19NO3. The number of hydrogen-bond donors (Lipinski definition) is 3. The number of nitrogens with zero attached hydrogens (tertiary/aromatic N) is 1. The van der Waals surface area contributed by atoms with Crippen LogP contribution in [-0.2, 0) is 0 Å². The number of oxime groups is 1. The van der Waals surface area contributed by atoms with Crippen molar-refractivity contribution < 1.29 is 15.4 Å². The molecule has 0 heterocycles. The van der Waals surface area contributed by atoms with E-state index in [1.54, 1.807) is 6.92 Å². The fraction of sp³-hybridized carbons (Fsp3) is 0.875. The Morgan fingerprint density at radius 2 is 1.58 bits per heavy atom. The van der Waals surface area contributed by atoms with E-state index in [2.05, 4.69) is 5.16 Å². The summed E-state index contributed by atoms with van der Waals surface area (Å²) < 4.78 is 0. The summed E-state index contributed by atoms with van der Waals surface area (Å²) in [5, 5.41) is 27.0. The van der Waals surface area contributed by atoms with E-state index < -0.39 is 0 Å². The quantitative estimate of drug-likeness (QED) is 0.259. The van der Waals surface area contributed by atoms with Crippen LogP contribution in [0.4, 0.5) is 0 Å². The van der Waals surface area contributed by atoms with Crippen molar-refractivity contribution in [3.63, 3.8) is 0 Å². The molecule has 0 aliphatic rings. The summed E-state index contributed by atoms with van der Waals surface area (Å²) >= 11 is 0. The first-order valence-corrected chi connectivity index (χ1v) is 4.12. The van der Waals surface area contributed by atoms with Crippen molar-refractivity contribution in [3.8, 4) is 0 Å². The van der Waals surface area contributed by atoms with Gasteiger partial charge in [-0.05, 0) is 26.2 Å². The molecule has 0 amide bonds. The summed E-state index contributed by atoms with van der Waals surface area (Å²) in [5.74, 6) is 0. The smallest absolute Gasteiger partial charge is 0.0537 e. The van der Waals surface area contributed by atoms with Crippen molar-refractivity contribution >= 4 is 5.71 Å². The van der Waals surface area contributed by atoms with Crippen LogP contribution in [-0.4, -0.2) is 34.3 Å². The molecule has 0 aromatic rings. The summed E-state index contributed by atoms with van der Waals surface area (Å²) in [6, 6.07) is 0. The first kappa shape index (κ1) is 13.9. The number of hydrogen-bond acceptors (Lipinski definition) is 4. The maximum absolute atomic E-state index is 8.09. The zero-order chi connectivity index (χ0) is 9.82. The van der Waals surface area contributed by atoms with Gasteiger partial charge in [-0.3, -0.25) is 0 Å². The fourth-order valence-corrected chi connectivity index (χ4v) is 0.294. The van der Waals surface area contributed by atoms with Crippen molar-refractivity contribution in [3.05, 3.63) is 0 Å². The third-order valence-corrected chi connectivity index (χ3v) is 1.25. The van der Waals surface area contributed by atoms with E-state index in [0.717, 1.165) is 25.0 Å². The monoisotopic (exact) mass is 177 g/mol. The van der Waals surface area contributed by atoms with Gasteiger partial charge in [0.05, 0.1) is 5.71 Å². The second-order valence-corrected chi connectivity index (χ2v) is 2.34. The first-order chi connectivity index (χ1) is 5.72. The molecule has 0 fully saturated rings. The van der Waals surface area contributed by atoms with Gasteiger partial charge in [0.1, 0.15) is 0 Å². The predicted octanol–water partition coefficient (Wildman–Crippen LogP) is 0.998. The lowest BCUT2D eigenvalue weighted by Gasteiger charge is -1.85. The second kappa shape index (κ2) is 13.0. The summed E-state index contributed by atoms with van der Waals surface area (Å²) in [6.07, 6.45) is 2.27. The highest BCUT2D eigenvalue weighted by Crippen LogP contribution is 1.80. The molecule has 0 bridgehead atoms. The minimum absolute atomic E-state index is 0.195. The van der Waals surface area contributed by atoms with E-state index in [4.69, 9.17) is 15.4 Å². The average Bonchev–Trinajstić information content (AvgIpc) is 2.14. The molecule has 0 saturated carbocycles. The van der Waals surface area contributed by atoms with Gasteiger partial charge in [-0.2, -0.15) is 0 Å². The van der Waals surface area contributed by atoms with Crippen LogP contribution in [0.3, 0.4) is 0 Å². The normalized spacial score (nSPS) is 10.5. The van der Waals surface area contributed by atoms with Gasteiger partial charge < -0.3 is 15.4 Å². The van der Waals surface area contributed by atoms with Crippen LogP contribution >= 0.6 is 0 Å². The van der Waals surface area contributed by atoms with E-state index in [0.29, 0.717) is 0 Å². The summed E-state index contributed by atoms with van der Waals surface area (Å²) in [5.41, 5.74) is 0.773. The predicted molar refractivity (Wildman–Crippen MR) is 48.6 cm³/mol. The number of aliphatic hydroxyl groups excluding tert-OH is 2. The van der Waals surface area contributed by atoms with Gasteiger partial charge >= 0.3 is 0 Å².